The molecule has 42 heavy (non-hydrogen) atoms. The zero-order chi connectivity index (χ0) is 29.0. The zero-order valence-electron chi connectivity index (χ0n) is 22.4. The second-order valence-corrected chi connectivity index (χ2v) is 9.94. The molecule has 10 radical (unpaired) electrons. The lowest BCUT2D eigenvalue weighted by atomic mass is 9.59. The molecule has 0 N–H and O–H groups in total. The molecule has 0 saturated carbocycles. The van der Waals surface area contributed by atoms with E-state index in [-0.39, 0.29) is 27.3 Å². The largest absolute Gasteiger partial charge is 0.455 e. The van der Waals surface area contributed by atoms with Crippen molar-refractivity contribution in [3.8, 4) is 45.3 Å². The number of fused-ring (bicyclic) bond motifs is 3. The minimum absolute atomic E-state index is 0.165. The van der Waals surface area contributed by atoms with E-state index in [4.69, 9.17) is 58.6 Å². The van der Waals surface area contributed by atoms with Gasteiger partial charge in [0.2, 0.25) is 0 Å². The van der Waals surface area contributed by atoms with E-state index in [9.17, 15) is 0 Å². The van der Waals surface area contributed by atoms with Crippen LogP contribution in [0.1, 0.15) is 0 Å². The van der Waals surface area contributed by atoms with E-state index in [2.05, 4.69) is 0 Å². The van der Waals surface area contributed by atoms with Gasteiger partial charge in [-0.05, 0) is 23.3 Å². The fraction of sp³-hybridized carbons (Fsp3) is 0. The molecule has 4 nitrogen and oxygen atoms in total. The van der Waals surface area contributed by atoms with Gasteiger partial charge in [0.15, 0.2) is 17.5 Å². The molecule has 0 saturated heterocycles. The van der Waals surface area contributed by atoms with Crippen LogP contribution >= 0.6 is 0 Å². The van der Waals surface area contributed by atoms with Crippen LogP contribution in [0.3, 0.4) is 0 Å². The average Bonchev–Trinajstić information content (AvgIpc) is 3.43. The Bertz CT molecular complexity index is 2060. The normalized spacial score (nSPS) is 11.3. The van der Waals surface area contributed by atoms with Crippen molar-refractivity contribution in [3.63, 3.8) is 0 Å². The van der Waals surface area contributed by atoms with Gasteiger partial charge >= 0.3 is 0 Å². The number of aromatic nitrogens is 3. The van der Waals surface area contributed by atoms with Crippen molar-refractivity contribution in [2.45, 2.75) is 0 Å². The van der Waals surface area contributed by atoms with Gasteiger partial charge in [-0.25, -0.2) is 15.0 Å². The highest BCUT2D eigenvalue weighted by Gasteiger charge is 2.21. The van der Waals surface area contributed by atoms with Crippen molar-refractivity contribution in [2.75, 3.05) is 0 Å². The van der Waals surface area contributed by atoms with Crippen molar-refractivity contribution in [3.05, 3.63) is 97.1 Å². The third-order valence-corrected chi connectivity index (χ3v) is 7.43. The van der Waals surface area contributed by atoms with Gasteiger partial charge in [-0.3, -0.25) is 0 Å². The molecular formula is C33H16B5N3O. The predicted octanol–water partition coefficient (Wildman–Crippen LogP) is 2.41. The van der Waals surface area contributed by atoms with Crippen LogP contribution < -0.4 is 27.3 Å². The molecule has 2 heterocycles. The number of benzene rings is 5. The molecule has 0 spiro atoms. The van der Waals surface area contributed by atoms with Crippen LogP contribution in [0.25, 0.3) is 67.2 Å². The fourth-order valence-corrected chi connectivity index (χ4v) is 5.30. The summed E-state index contributed by atoms with van der Waals surface area (Å²) in [5.41, 5.74) is 6.00. The first kappa shape index (κ1) is 26.2. The van der Waals surface area contributed by atoms with Gasteiger partial charge in [-0.2, -0.15) is 0 Å². The van der Waals surface area contributed by atoms with E-state index < -0.39 is 0 Å². The SMILES string of the molecule is [B]c1c([B])c([B])c(-c2cccc3oc4c(-c5nc(-c6ccccc6)nc(-c6ccccc6)n5)cccc4c23)c([B])c1[B]. The third-order valence-electron chi connectivity index (χ3n) is 7.43. The Morgan fingerprint density at radius 2 is 0.952 bits per heavy atom. The van der Waals surface area contributed by atoms with Gasteiger partial charge in [0.25, 0.3) is 0 Å². The number of rotatable bonds is 4. The first-order chi connectivity index (χ1) is 20.4. The van der Waals surface area contributed by atoms with Crippen LogP contribution in [0.2, 0.25) is 0 Å². The minimum atomic E-state index is 0.165. The van der Waals surface area contributed by atoms with Gasteiger partial charge in [0.1, 0.15) is 50.4 Å². The molecule has 0 fully saturated rings. The molecule has 0 aliphatic rings. The van der Waals surface area contributed by atoms with Crippen LogP contribution in [0, 0.1) is 0 Å². The van der Waals surface area contributed by atoms with E-state index in [1.54, 1.807) is 0 Å². The summed E-state index contributed by atoms with van der Waals surface area (Å²) in [4.78, 5) is 14.6. The lowest BCUT2D eigenvalue weighted by Gasteiger charge is -2.21. The van der Waals surface area contributed by atoms with Crippen molar-refractivity contribution in [2.24, 2.45) is 0 Å². The van der Waals surface area contributed by atoms with E-state index in [1.165, 1.54) is 0 Å². The summed E-state index contributed by atoms with van der Waals surface area (Å²) in [6, 6.07) is 31.1. The Balaban J connectivity index is 1.51. The monoisotopic (exact) mass is 525 g/mol. The highest BCUT2D eigenvalue weighted by atomic mass is 16.3. The van der Waals surface area contributed by atoms with Crippen LogP contribution in [0.15, 0.2) is 101 Å². The molecule has 7 rings (SSSR count). The molecule has 0 bridgehead atoms. The van der Waals surface area contributed by atoms with Gasteiger partial charge in [-0.1, -0.05) is 95.9 Å². The van der Waals surface area contributed by atoms with Crippen molar-refractivity contribution < 1.29 is 4.42 Å². The lowest BCUT2D eigenvalue weighted by Crippen LogP contribution is -2.55. The van der Waals surface area contributed by atoms with Gasteiger partial charge in [0, 0.05) is 21.9 Å². The molecule has 184 valence electrons. The Kier molecular flexibility index (Phi) is 6.39. The molecule has 0 aliphatic heterocycles. The highest BCUT2D eigenvalue weighted by Crippen LogP contribution is 2.39. The number of hydrogen-bond acceptors (Lipinski definition) is 4. The Morgan fingerprint density at radius 1 is 0.452 bits per heavy atom. The Hall–Kier alpha value is -4.77. The van der Waals surface area contributed by atoms with Gasteiger partial charge < -0.3 is 4.42 Å². The van der Waals surface area contributed by atoms with E-state index >= 15 is 0 Å². The Morgan fingerprint density at radius 3 is 1.55 bits per heavy atom. The van der Waals surface area contributed by atoms with Crippen molar-refractivity contribution >= 4 is 88.5 Å². The maximum absolute atomic E-state index is 6.49. The third kappa shape index (κ3) is 4.19. The zero-order valence-corrected chi connectivity index (χ0v) is 22.4. The van der Waals surface area contributed by atoms with Gasteiger partial charge in [0.05, 0.1) is 5.56 Å². The number of furan rings is 1. The average molecular weight is 525 g/mol. The molecule has 0 atom stereocenters. The van der Waals surface area contributed by atoms with Crippen LogP contribution in [0.5, 0.6) is 0 Å². The number of hydrogen-bond donors (Lipinski definition) is 0. The Labute approximate surface area is 249 Å². The summed E-state index contributed by atoms with van der Waals surface area (Å²) < 4.78 is 6.49. The molecule has 9 heteroatoms. The van der Waals surface area contributed by atoms with E-state index in [0.29, 0.717) is 39.8 Å². The van der Waals surface area contributed by atoms with Crippen LogP contribution in [0.4, 0.5) is 0 Å². The standard InChI is InChI=1S/C33H16B5N3O/c34-25-24(26(35)28(37)29(38)27(25)36)19-13-8-16-22-23(19)20-14-7-15-21(30(20)42-22)33-40-31(17-9-3-1-4-10-17)39-32(41-33)18-11-5-2-6-12-18/h1-16H. The first-order valence-electron chi connectivity index (χ1n) is 13.3. The quantitative estimate of drug-likeness (QED) is 0.332. The second-order valence-electron chi connectivity index (χ2n) is 9.94. The van der Waals surface area contributed by atoms with E-state index in [0.717, 1.165) is 27.5 Å². The maximum atomic E-state index is 6.49. The topological polar surface area (TPSA) is 51.8 Å². The number of nitrogens with zero attached hydrogens (tertiary/aromatic N) is 3. The fourth-order valence-electron chi connectivity index (χ4n) is 5.30. The molecule has 5 aromatic carbocycles. The number of para-hydroxylation sites is 1. The van der Waals surface area contributed by atoms with Crippen LogP contribution in [-0.4, -0.2) is 54.2 Å². The predicted molar refractivity (Wildman–Crippen MR) is 176 cm³/mol. The summed E-state index contributed by atoms with van der Waals surface area (Å²) in [6.45, 7) is 0. The smallest absolute Gasteiger partial charge is 0.167 e. The molecular weight excluding hydrogens is 508 g/mol. The lowest BCUT2D eigenvalue weighted by molar-refractivity contribution is 0.669. The second kappa shape index (κ2) is 10.3. The minimum Gasteiger partial charge on any atom is -0.455 e. The highest BCUT2D eigenvalue weighted by molar-refractivity contribution is 6.68. The van der Waals surface area contributed by atoms with E-state index in [1.807, 2.05) is 97.1 Å². The first-order valence-corrected chi connectivity index (χ1v) is 13.3. The molecule has 7 aromatic rings. The van der Waals surface area contributed by atoms with Crippen LogP contribution in [-0.2, 0) is 0 Å². The maximum Gasteiger partial charge on any atom is 0.167 e. The van der Waals surface area contributed by atoms with Gasteiger partial charge in [-0.15, -0.1) is 16.4 Å². The van der Waals surface area contributed by atoms with Crippen molar-refractivity contribution in [1.29, 1.82) is 0 Å². The molecule has 2 aromatic heterocycles. The van der Waals surface area contributed by atoms with Crippen molar-refractivity contribution in [1.82, 2.24) is 15.0 Å². The molecule has 0 unspecified atom stereocenters. The molecule has 0 amide bonds. The summed E-state index contributed by atoms with van der Waals surface area (Å²) in [6.07, 6.45) is 0. The summed E-state index contributed by atoms with van der Waals surface area (Å²) >= 11 is 0. The summed E-state index contributed by atoms with van der Waals surface area (Å²) in [5.74, 6) is 1.59. The summed E-state index contributed by atoms with van der Waals surface area (Å²) in [7, 11) is 31.4. The molecule has 0 aliphatic carbocycles. The summed E-state index contributed by atoms with van der Waals surface area (Å²) in [5, 5.41) is 1.63.